The summed E-state index contributed by atoms with van der Waals surface area (Å²) in [6.45, 7) is 3.02. The first-order valence-corrected chi connectivity index (χ1v) is 9.68. The standard InChI is InChI=1S/C21H20N4O5/c1-2-29-17-7-4-15(5-8-17)21-22-19(30-23-21)9-10-20(26)24-12-11-14-3-6-16(25(27)28)13-18(14)24/h3-8,13H,2,9-12H2,1H3. The fraction of sp³-hybridized carbons (Fsp3) is 0.286. The summed E-state index contributed by atoms with van der Waals surface area (Å²) in [6.07, 6.45) is 1.15. The number of carbonyl (C=O) groups is 1. The number of ether oxygens (including phenoxy) is 1. The van der Waals surface area contributed by atoms with E-state index < -0.39 is 4.92 Å². The van der Waals surface area contributed by atoms with Gasteiger partial charge in [-0.25, -0.2) is 0 Å². The molecular weight excluding hydrogens is 388 g/mol. The van der Waals surface area contributed by atoms with Crippen molar-refractivity contribution < 1.29 is 19.0 Å². The minimum Gasteiger partial charge on any atom is -0.494 e. The van der Waals surface area contributed by atoms with Gasteiger partial charge in [0.05, 0.1) is 17.2 Å². The van der Waals surface area contributed by atoms with Crippen molar-refractivity contribution in [1.82, 2.24) is 10.1 Å². The number of nitro benzene ring substituents is 1. The lowest BCUT2D eigenvalue weighted by atomic mass is 10.1. The van der Waals surface area contributed by atoms with Crippen LogP contribution < -0.4 is 9.64 Å². The van der Waals surface area contributed by atoms with Crippen molar-refractivity contribution in [3.8, 4) is 17.1 Å². The number of nitrogens with zero attached hydrogens (tertiary/aromatic N) is 4. The Bertz CT molecular complexity index is 1080. The van der Waals surface area contributed by atoms with E-state index in [-0.39, 0.29) is 18.0 Å². The molecule has 9 nitrogen and oxygen atoms in total. The van der Waals surface area contributed by atoms with Gasteiger partial charge in [-0.3, -0.25) is 14.9 Å². The Labute approximate surface area is 172 Å². The minimum atomic E-state index is -0.456. The van der Waals surface area contributed by atoms with Crippen LogP contribution in [-0.2, 0) is 17.6 Å². The van der Waals surface area contributed by atoms with Gasteiger partial charge in [0, 0.05) is 37.1 Å². The quantitative estimate of drug-likeness (QED) is 0.434. The van der Waals surface area contributed by atoms with E-state index in [1.54, 1.807) is 11.0 Å². The molecule has 1 aliphatic heterocycles. The van der Waals surface area contributed by atoms with Gasteiger partial charge in [-0.1, -0.05) is 11.2 Å². The zero-order chi connectivity index (χ0) is 21.1. The number of hydrogen-bond donors (Lipinski definition) is 0. The largest absolute Gasteiger partial charge is 0.494 e. The lowest BCUT2D eigenvalue weighted by molar-refractivity contribution is -0.384. The summed E-state index contributed by atoms with van der Waals surface area (Å²) in [7, 11) is 0. The van der Waals surface area contributed by atoms with E-state index in [0.29, 0.717) is 43.4 Å². The lowest BCUT2D eigenvalue weighted by Gasteiger charge is -2.16. The monoisotopic (exact) mass is 408 g/mol. The van der Waals surface area contributed by atoms with E-state index in [9.17, 15) is 14.9 Å². The van der Waals surface area contributed by atoms with E-state index in [2.05, 4.69) is 10.1 Å². The molecule has 0 saturated carbocycles. The van der Waals surface area contributed by atoms with E-state index >= 15 is 0 Å². The van der Waals surface area contributed by atoms with Gasteiger partial charge in [-0.2, -0.15) is 4.98 Å². The number of aromatic nitrogens is 2. The van der Waals surface area contributed by atoms with Crippen molar-refractivity contribution in [3.63, 3.8) is 0 Å². The van der Waals surface area contributed by atoms with Gasteiger partial charge in [0.1, 0.15) is 5.75 Å². The van der Waals surface area contributed by atoms with Crippen molar-refractivity contribution in [3.05, 3.63) is 64.0 Å². The Morgan fingerprint density at radius 3 is 2.80 bits per heavy atom. The number of non-ortho nitro benzene ring substituents is 1. The number of anilines is 1. The predicted molar refractivity (Wildman–Crippen MR) is 108 cm³/mol. The van der Waals surface area contributed by atoms with Gasteiger partial charge >= 0.3 is 0 Å². The highest BCUT2D eigenvalue weighted by atomic mass is 16.6. The van der Waals surface area contributed by atoms with Crippen molar-refractivity contribution >= 4 is 17.3 Å². The highest BCUT2D eigenvalue weighted by Gasteiger charge is 2.26. The van der Waals surface area contributed by atoms with Crippen LogP contribution in [0.5, 0.6) is 5.75 Å². The van der Waals surface area contributed by atoms with Gasteiger partial charge in [0.15, 0.2) is 0 Å². The number of fused-ring (bicyclic) bond motifs is 1. The van der Waals surface area contributed by atoms with E-state index in [4.69, 9.17) is 9.26 Å². The normalized spacial score (nSPS) is 12.6. The average molecular weight is 408 g/mol. The molecule has 0 radical (unpaired) electrons. The summed E-state index contributed by atoms with van der Waals surface area (Å²) in [4.78, 5) is 29.2. The van der Waals surface area contributed by atoms with Crippen LogP contribution in [0.2, 0.25) is 0 Å². The van der Waals surface area contributed by atoms with Crippen LogP contribution in [0.4, 0.5) is 11.4 Å². The molecule has 1 aromatic heterocycles. The second kappa shape index (κ2) is 8.32. The molecule has 0 bridgehead atoms. The number of carbonyl (C=O) groups excluding carboxylic acids is 1. The topological polar surface area (TPSA) is 112 Å². The molecule has 1 amide bonds. The molecule has 3 aromatic rings. The average Bonchev–Trinajstić information content (AvgIpc) is 3.39. The third-order valence-electron chi connectivity index (χ3n) is 4.92. The molecule has 1 aliphatic rings. The lowest BCUT2D eigenvalue weighted by Crippen LogP contribution is -2.29. The SMILES string of the molecule is CCOc1ccc(-c2noc(CCC(=O)N3CCc4ccc([N+](=O)[O-])cc43)n2)cc1. The number of benzene rings is 2. The molecule has 9 heteroatoms. The zero-order valence-electron chi connectivity index (χ0n) is 16.4. The second-order valence-corrected chi connectivity index (χ2v) is 6.83. The van der Waals surface area contributed by atoms with Crippen molar-refractivity contribution in [2.45, 2.75) is 26.2 Å². The van der Waals surface area contributed by atoms with Crippen molar-refractivity contribution in [1.29, 1.82) is 0 Å². The molecule has 4 rings (SSSR count). The summed E-state index contributed by atoms with van der Waals surface area (Å²) in [5.74, 6) is 1.45. The summed E-state index contributed by atoms with van der Waals surface area (Å²) in [6, 6.07) is 12.0. The van der Waals surface area contributed by atoms with Gasteiger partial charge in [-0.15, -0.1) is 0 Å². The Hall–Kier alpha value is -3.75. The molecule has 0 N–H and O–H groups in total. The molecule has 154 valence electrons. The van der Waals surface area contributed by atoms with Crippen molar-refractivity contribution in [2.24, 2.45) is 0 Å². The Kier molecular flexibility index (Phi) is 5.42. The molecule has 0 aliphatic carbocycles. The Balaban J connectivity index is 1.40. The van der Waals surface area contributed by atoms with E-state index in [1.807, 2.05) is 31.2 Å². The highest BCUT2D eigenvalue weighted by molar-refractivity contribution is 5.95. The molecule has 0 unspecified atom stereocenters. The Morgan fingerprint density at radius 2 is 2.07 bits per heavy atom. The van der Waals surface area contributed by atoms with Crippen LogP contribution in [0.1, 0.15) is 24.8 Å². The van der Waals surface area contributed by atoms with Crippen LogP contribution in [0, 0.1) is 10.1 Å². The zero-order valence-corrected chi connectivity index (χ0v) is 16.4. The first-order valence-electron chi connectivity index (χ1n) is 9.68. The summed E-state index contributed by atoms with van der Waals surface area (Å²) >= 11 is 0. The first-order chi connectivity index (χ1) is 14.5. The maximum Gasteiger partial charge on any atom is 0.271 e. The third-order valence-corrected chi connectivity index (χ3v) is 4.92. The minimum absolute atomic E-state index is 0.0228. The van der Waals surface area contributed by atoms with Crippen LogP contribution in [0.25, 0.3) is 11.4 Å². The third kappa shape index (κ3) is 4.00. The van der Waals surface area contributed by atoms with Crippen molar-refractivity contribution in [2.75, 3.05) is 18.1 Å². The summed E-state index contributed by atoms with van der Waals surface area (Å²) < 4.78 is 10.7. The van der Waals surface area contributed by atoms with Crippen LogP contribution in [-0.4, -0.2) is 34.1 Å². The number of rotatable bonds is 7. The number of aryl methyl sites for hydroxylation is 1. The molecule has 0 fully saturated rings. The first kappa shape index (κ1) is 19.6. The molecule has 2 heterocycles. The van der Waals surface area contributed by atoms with Crippen LogP contribution in [0.15, 0.2) is 47.0 Å². The molecule has 0 saturated heterocycles. The molecule has 30 heavy (non-hydrogen) atoms. The highest BCUT2D eigenvalue weighted by Crippen LogP contribution is 2.32. The van der Waals surface area contributed by atoms with Gasteiger partial charge in [-0.05, 0) is 43.2 Å². The summed E-state index contributed by atoms with van der Waals surface area (Å²) in [5.41, 5.74) is 2.31. The van der Waals surface area contributed by atoms with Gasteiger partial charge in [0.2, 0.25) is 17.6 Å². The molecule has 0 spiro atoms. The smallest absolute Gasteiger partial charge is 0.271 e. The predicted octanol–water partition coefficient (Wildman–Crippen LogP) is 3.57. The summed E-state index contributed by atoms with van der Waals surface area (Å²) in [5, 5.41) is 15.0. The molecule has 0 atom stereocenters. The van der Waals surface area contributed by atoms with Gasteiger partial charge in [0.25, 0.3) is 5.69 Å². The maximum absolute atomic E-state index is 12.7. The number of amides is 1. The van der Waals surface area contributed by atoms with Crippen LogP contribution in [0.3, 0.4) is 0 Å². The van der Waals surface area contributed by atoms with Gasteiger partial charge < -0.3 is 14.2 Å². The number of nitro groups is 1. The van der Waals surface area contributed by atoms with E-state index in [1.165, 1.54) is 12.1 Å². The molecular formula is C21H20N4O5. The molecule has 2 aromatic carbocycles. The van der Waals surface area contributed by atoms with Crippen LogP contribution >= 0.6 is 0 Å². The maximum atomic E-state index is 12.7. The fourth-order valence-electron chi connectivity index (χ4n) is 3.43. The number of hydrogen-bond acceptors (Lipinski definition) is 7. The van der Waals surface area contributed by atoms with E-state index in [0.717, 1.165) is 16.9 Å². The second-order valence-electron chi connectivity index (χ2n) is 6.83. The fourth-order valence-corrected chi connectivity index (χ4v) is 3.43. The Morgan fingerprint density at radius 1 is 1.27 bits per heavy atom.